The number of nitrogens with zero attached hydrogens (tertiary/aromatic N) is 1. The number of rotatable bonds is 4. The van der Waals surface area contributed by atoms with Crippen molar-refractivity contribution in [2.45, 2.75) is 25.4 Å². The van der Waals surface area contributed by atoms with E-state index in [1.165, 1.54) is 6.92 Å². The van der Waals surface area contributed by atoms with Gasteiger partial charge in [0.15, 0.2) is 11.5 Å². The molecule has 25 heavy (non-hydrogen) atoms. The van der Waals surface area contributed by atoms with Crippen LogP contribution in [-0.2, 0) is 4.79 Å². The maximum atomic E-state index is 12.1. The van der Waals surface area contributed by atoms with Crippen LogP contribution in [0.1, 0.15) is 36.6 Å². The number of hydrazine groups is 1. The van der Waals surface area contributed by atoms with Gasteiger partial charge >= 0.3 is 0 Å². The van der Waals surface area contributed by atoms with Crippen molar-refractivity contribution in [2.75, 3.05) is 14.2 Å². The van der Waals surface area contributed by atoms with Crippen molar-refractivity contribution in [3.05, 3.63) is 53.6 Å². The third-order valence-electron chi connectivity index (χ3n) is 4.51. The van der Waals surface area contributed by atoms with Crippen LogP contribution in [-0.4, -0.2) is 30.2 Å². The lowest BCUT2D eigenvalue weighted by molar-refractivity contribution is -0.132. The molecule has 2 atom stereocenters. The van der Waals surface area contributed by atoms with Gasteiger partial charge in [-0.05, 0) is 30.2 Å². The van der Waals surface area contributed by atoms with E-state index in [0.29, 0.717) is 17.9 Å². The average molecular weight is 342 g/mol. The van der Waals surface area contributed by atoms with E-state index in [1.54, 1.807) is 31.4 Å². The standard InChI is InChI=1S/C19H22N2O4/c1-12(22)21-16(13-8-9-18(24-2)19(10-13)25-3)11-15(20-21)14-6-4-5-7-17(14)23/h4-10,15-16,20,23H,11H2,1-3H3. The van der Waals surface area contributed by atoms with E-state index in [1.807, 2.05) is 30.3 Å². The highest BCUT2D eigenvalue weighted by Gasteiger charge is 2.36. The van der Waals surface area contributed by atoms with Crippen LogP contribution in [0.15, 0.2) is 42.5 Å². The van der Waals surface area contributed by atoms with Crippen LogP contribution < -0.4 is 14.9 Å². The van der Waals surface area contributed by atoms with Crippen LogP contribution in [0, 0.1) is 0 Å². The minimum absolute atomic E-state index is 0.0855. The fourth-order valence-corrected chi connectivity index (χ4v) is 3.27. The molecule has 0 aliphatic carbocycles. The van der Waals surface area contributed by atoms with E-state index in [4.69, 9.17) is 9.47 Å². The fraction of sp³-hybridized carbons (Fsp3) is 0.316. The Bertz CT molecular complexity index is 778. The molecule has 6 heteroatoms. The maximum absolute atomic E-state index is 12.1. The Labute approximate surface area is 146 Å². The topological polar surface area (TPSA) is 71.0 Å². The van der Waals surface area contributed by atoms with E-state index in [-0.39, 0.29) is 23.7 Å². The van der Waals surface area contributed by atoms with Crippen molar-refractivity contribution in [1.29, 1.82) is 0 Å². The average Bonchev–Trinajstić information content (AvgIpc) is 3.07. The van der Waals surface area contributed by atoms with Crippen LogP contribution in [0.3, 0.4) is 0 Å². The monoisotopic (exact) mass is 342 g/mol. The zero-order valence-corrected chi connectivity index (χ0v) is 14.5. The fourth-order valence-electron chi connectivity index (χ4n) is 3.27. The summed E-state index contributed by atoms with van der Waals surface area (Å²) in [6.07, 6.45) is 0.645. The van der Waals surface area contributed by atoms with E-state index < -0.39 is 0 Å². The van der Waals surface area contributed by atoms with Crippen LogP contribution in [0.5, 0.6) is 17.2 Å². The largest absolute Gasteiger partial charge is 0.508 e. The second-order valence-electron chi connectivity index (χ2n) is 6.00. The minimum atomic E-state index is -0.165. The van der Waals surface area contributed by atoms with Gasteiger partial charge in [-0.3, -0.25) is 9.80 Å². The first-order chi connectivity index (χ1) is 12.0. The zero-order chi connectivity index (χ0) is 18.0. The Morgan fingerprint density at radius 2 is 1.88 bits per heavy atom. The van der Waals surface area contributed by atoms with Gasteiger partial charge in [-0.25, -0.2) is 5.43 Å². The number of phenols is 1. The highest BCUT2D eigenvalue weighted by molar-refractivity contribution is 5.74. The van der Waals surface area contributed by atoms with E-state index >= 15 is 0 Å². The highest BCUT2D eigenvalue weighted by Crippen LogP contribution is 2.41. The molecule has 0 radical (unpaired) electrons. The summed E-state index contributed by atoms with van der Waals surface area (Å²) in [6.45, 7) is 1.52. The molecule has 2 N–H and O–H groups in total. The Kier molecular flexibility index (Phi) is 4.81. The van der Waals surface area contributed by atoms with Crippen molar-refractivity contribution >= 4 is 5.91 Å². The number of amides is 1. The number of carbonyl (C=O) groups is 1. The number of aromatic hydroxyl groups is 1. The van der Waals surface area contributed by atoms with Gasteiger partial charge < -0.3 is 14.6 Å². The molecular weight excluding hydrogens is 320 g/mol. The molecule has 0 aromatic heterocycles. The molecule has 0 saturated carbocycles. The third kappa shape index (κ3) is 3.25. The molecule has 2 aromatic rings. The number of benzene rings is 2. The normalized spacial score (nSPS) is 19.7. The zero-order valence-electron chi connectivity index (χ0n) is 14.5. The van der Waals surface area contributed by atoms with Gasteiger partial charge in [0.2, 0.25) is 5.91 Å². The van der Waals surface area contributed by atoms with Crippen LogP contribution in [0.2, 0.25) is 0 Å². The molecule has 1 aliphatic heterocycles. The van der Waals surface area contributed by atoms with E-state index in [0.717, 1.165) is 11.1 Å². The maximum Gasteiger partial charge on any atom is 0.234 e. The van der Waals surface area contributed by atoms with Gasteiger partial charge in [-0.1, -0.05) is 24.3 Å². The van der Waals surface area contributed by atoms with Crippen LogP contribution in [0.25, 0.3) is 0 Å². The van der Waals surface area contributed by atoms with Crippen molar-refractivity contribution in [2.24, 2.45) is 0 Å². The number of hydrogen-bond acceptors (Lipinski definition) is 5. The second kappa shape index (κ2) is 7.03. The number of nitrogens with one attached hydrogen (secondary N) is 1. The van der Waals surface area contributed by atoms with Gasteiger partial charge in [0.25, 0.3) is 0 Å². The molecule has 1 heterocycles. The number of hydrogen-bond donors (Lipinski definition) is 2. The van der Waals surface area contributed by atoms with Crippen LogP contribution in [0.4, 0.5) is 0 Å². The molecule has 2 unspecified atom stereocenters. The SMILES string of the molecule is COc1ccc(C2CC(c3ccccc3O)NN2C(C)=O)cc1OC. The highest BCUT2D eigenvalue weighted by atomic mass is 16.5. The molecule has 1 amide bonds. The molecule has 1 saturated heterocycles. The first-order valence-corrected chi connectivity index (χ1v) is 8.11. The smallest absolute Gasteiger partial charge is 0.234 e. The summed E-state index contributed by atoms with van der Waals surface area (Å²) in [6, 6.07) is 12.5. The summed E-state index contributed by atoms with van der Waals surface area (Å²) < 4.78 is 10.7. The van der Waals surface area contributed by atoms with Gasteiger partial charge in [0.1, 0.15) is 5.75 Å². The molecule has 6 nitrogen and oxygen atoms in total. The summed E-state index contributed by atoms with van der Waals surface area (Å²) in [4.78, 5) is 12.1. The lowest BCUT2D eigenvalue weighted by Gasteiger charge is -2.24. The number of carbonyl (C=O) groups excluding carboxylic acids is 1. The van der Waals surface area contributed by atoms with E-state index in [9.17, 15) is 9.90 Å². The molecule has 0 spiro atoms. The van der Waals surface area contributed by atoms with Crippen molar-refractivity contribution in [3.8, 4) is 17.2 Å². The Morgan fingerprint density at radius 3 is 2.52 bits per heavy atom. The first-order valence-electron chi connectivity index (χ1n) is 8.11. The summed E-state index contributed by atoms with van der Waals surface area (Å²) in [5.41, 5.74) is 4.93. The van der Waals surface area contributed by atoms with Crippen LogP contribution >= 0.6 is 0 Å². The predicted molar refractivity (Wildman–Crippen MR) is 93.4 cm³/mol. The van der Waals surface area contributed by atoms with Crippen molar-refractivity contribution < 1.29 is 19.4 Å². The molecule has 132 valence electrons. The number of methoxy groups -OCH3 is 2. The van der Waals surface area contributed by atoms with Gasteiger partial charge in [-0.15, -0.1) is 0 Å². The first kappa shape index (κ1) is 17.1. The third-order valence-corrected chi connectivity index (χ3v) is 4.51. The summed E-state index contributed by atoms with van der Waals surface area (Å²) in [7, 11) is 3.17. The van der Waals surface area contributed by atoms with Gasteiger partial charge in [0, 0.05) is 12.5 Å². The Balaban J connectivity index is 1.94. The Hall–Kier alpha value is -2.73. The summed E-state index contributed by atoms with van der Waals surface area (Å²) >= 11 is 0. The minimum Gasteiger partial charge on any atom is -0.508 e. The lowest BCUT2D eigenvalue weighted by Crippen LogP contribution is -2.37. The number of para-hydroxylation sites is 1. The number of ether oxygens (including phenoxy) is 2. The number of phenolic OH excluding ortho intramolecular Hbond substituents is 1. The predicted octanol–water partition coefficient (Wildman–Crippen LogP) is 2.95. The Morgan fingerprint density at radius 1 is 1.16 bits per heavy atom. The van der Waals surface area contributed by atoms with Crippen molar-refractivity contribution in [1.82, 2.24) is 10.4 Å². The second-order valence-corrected chi connectivity index (χ2v) is 6.00. The van der Waals surface area contributed by atoms with E-state index in [2.05, 4.69) is 5.43 Å². The molecule has 0 bridgehead atoms. The van der Waals surface area contributed by atoms with Gasteiger partial charge in [-0.2, -0.15) is 0 Å². The molecular formula is C19H22N2O4. The molecule has 1 aliphatic rings. The molecule has 3 rings (SSSR count). The summed E-state index contributed by atoms with van der Waals surface area (Å²) in [5, 5.41) is 11.7. The lowest BCUT2D eigenvalue weighted by atomic mass is 9.96. The quantitative estimate of drug-likeness (QED) is 0.894. The van der Waals surface area contributed by atoms with Gasteiger partial charge in [0.05, 0.1) is 26.3 Å². The van der Waals surface area contributed by atoms with Crippen molar-refractivity contribution in [3.63, 3.8) is 0 Å². The summed E-state index contributed by atoms with van der Waals surface area (Å²) in [5.74, 6) is 1.40. The molecule has 2 aromatic carbocycles. The molecule has 1 fully saturated rings.